The van der Waals surface area contributed by atoms with Crippen LogP contribution in [0.2, 0.25) is 0 Å². The molecule has 0 aliphatic heterocycles. The first-order valence-electron chi connectivity index (χ1n) is 10.6. The van der Waals surface area contributed by atoms with Gasteiger partial charge in [-0.15, -0.1) is 0 Å². The van der Waals surface area contributed by atoms with Crippen LogP contribution in [-0.4, -0.2) is 43.6 Å². The second kappa shape index (κ2) is 11.7. The van der Waals surface area contributed by atoms with Gasteiger partial charge in [-0.3, -0.25) is 9.59 Å². The van der Waals surface area contributed by atoms with Crippen LogP contribution in [-0.2, 0) is 11.3 Å². The molecule has 0 fully saturated rings. The van der Waals surface area contributed by atoms with Crippen LogP contribution in [0.5, 0.6) is 5.75 Å². The standard InChI is InChI=1S/C26H28N2O4/c1-3-31-17-18-32-22-15-13-21(14-16-22)25(29)27-24-12-8-7-11-23(24)26(30)28(2)19-20-9-5-4-6-10-20/h4-16H,3,17-19H2,1-2H3,(H,27,29). The van der Waals surface area contributed by atoms with Crippen molar-refractivity contribution in [1.82, 2.24) is 4.90 Å². The summed E-state index contributed by atoms with van der Waals surface area (Å²) >= 11 is 0. The van der Waals surface area contributed by atoms with Crippen LogP contribution in [0.25, 0.3) is 0 Å². The molecule has 0 aliphatic rings. The van der Waals surface area contributed by atoms with Gasteiger partial charge < -0.3 is 19.7 Å². The van der Waals surface area contributed by atoms with E-state index in [0.29, 0.717) is 48.9 Å². The summed E-state index contributed by atoms with van der Waals surface area (Å²) in [5, 5.41) is 2.86. The molecule has 2 amide bonds. The molecule has 3 aromatic rings. The van der Waals surface area contributed by atoms with E-state index in [2.05, 4.69) is 5.32 Å². The molecule has 3 aromatic carbocycles. The van der Waals surface area contributed by atoms with Crippen LogP contribution < -0.4 is 10.1 Å². The second-order valence-electron chi connectivity index (χ2n) is 7.22. The lowest BCUT2D eigenvalue weighted by Crippen LogP contribution is -2.27. The minimum absolute atomic E-state index is 0.164. The lowest BCUT2D eigenvalue weighted by molar-refractivity contribution is 0.0786. The first-order chi connectivity index (χ1) is 15.6. The van der Waals surface area contributed by atoms with E-state index in [0.717, 1.165) is 5.56 Å². The molecular weight excluding hydrogens is 404 g/mol. The summed E-state index contributed by atoms with van der Waals surface area (Å²) < 4.78 is 10.8. The minimum atomic E-state index is -0.295. The Kier molecular flexibility index (Phi) is 8.40. The Hall–Kier alpha value is -3.64. The van der Waals surface area contributed by atoms with E-state index in [1.807, 2.05) is 37.3 Å². The van der Waals surface area contributed by atoms with Crippen LogP contribution in [0.3, 0.4) is 0 Å². The maximum absolute atomic E-state index is 13.0. The first-order valence-corrected chi connectivity index (χ1v) is 10.6. The van der Waals surface area contributed by atoms with Crippen molar-refractivity contribution < 1.29 is 19.1 Å². The van der Waals surface area contributed by atoms with Gasteiger partial charge in [0.05, 0.1) is 17.9 Å². The maximum Gasteiger partial charge on any atom is 0.256 e. The van der Waals surface area contributed by atoms with Gasteiger partial charge in [-0.1, -0.05) is 42.5 Å². The zero-order chi connectivity index (χ0) is 22.8. The number of rotatable bonds is 10. The number of hydrogen-bond acceptors (Lipinski definition) is 4. The molecule has 166 valence electrons. The molecule has 0 aliphatic carbocycles. The average molecular weight is 433 g/mol. The van der Waals surface area contributed by atoms with E-state index in [1.165, 1.54) is 0 Å². The van der Waals surface area contributed by atoms with Crippen molar-refractivity contribution in [3.05, 3.63) is 95.6 Å². The summed E-state index contributed by atoms with van der Waals surface area (Å²) in [6.45, 7) is 4.02. The zero-order valence-electron chi connectivity index (χ0n) is 18.4. The smallest absolute Gasteiger partial charge is 0.256 e. The van der Waals surface area contributed by atoms with Crippen molar-refractivity contribution in [3.8, 4) is 5.75 Å². The van der Waals surface area contributed by atoms with Gasteiger partial charge >= 0.3 is 0 Å². The third-order valence-corrected chi connectivity index (χ3v) is 4.83. The highest BCUT2D eigenvalue weighted by Crippen LogP contribution is 2.20. The van der Waals surface area contributed by atoms with Gasteiger partial charge in [-0.05, 0) is 48.9 Å². The molecule has 0 saturated carbocycles. The molecule has 0 atom stereocenters. The predicted molar refractivity (Wildman–Crippen MR) is 125 cm³/mol. The van der Waals surface area contributed by atoms with Crippen LogP contribution in [0, 0.1) is 0 Å². The molecule has 0 saturated heterocycles. The van der Waals surface area contributed by atoms with Gasteiger partial charge in [0.2, 0.25) is 0 Å². The molecule has 0 unspecified atom stereocenters. The monoisotopic (exact) mass is 432 g/mol. The fourth-order valence-corrected chi connectivity index (χ4v) is 3.17. The summed E-state index contributed by atoms with van der Waals surface area (Å²) in [6.07, 6.45) is 0. The van der Waals surface area contributed by atoms with Crippen LogP contribution in [0.4, 0.5) is 5.69 Å². The third-order valence-electron chi connectivity index (χ3n) is 4.83. The van der Waals surface area contributed by atoms with E-state index < -0.39 is 0 Å². The van der Waals surface area contributed by atoms with Crippen LogP contribution in [0.1, 0.15) is 33.2 Å². The average Bonchev–Trinajstić information content (AvgIpc) is 2.83. The SMILES string of the molecule is CCOCCOc1ccc(C(=O)Nc2ccccc2C(=O)N(C)Cc2ccccc2)cc1. The lowest BCUT2D eigenvalue weighted by atomic mass is 10.1. The highest BCUT2D eigenvalue weighted by molar-refractivity contribution is 6.09. The highest BCUT2D eigenvalue weighted by atomic mass is 16.5. The number of carbonyl (C=O) groups excluding carboxylic acids is 2. The fourth-order valence-electron chi connectivity index (χ4n) is 3.17. The van der Waals surface area contributed by atoms with Gasteiger partial charge in [-0.25, -0.2) is 0 Å². The molecule has 3 rings (SSSR count). The van der Waals surface area contributed by atoms with E-state index >= 15 is 0 Å². The predicted octanol–water partition coefficient (Wildman–Crippen LogP) is 4.63. The maximum atomic E-state index is 13.0. The number of ether oxygens (including phenoxy) is 2. The number of hydrogen-bond donors (Lipinski definition) is 1. The van der Waals surface area contributed by atoms with Gasteiger partial charge in [0.15, 0.2) is 0 Å². The topological polar surface area (TPSA) is 67.9 Å². The molecule has 0 bridgehead atoms. The Bertz CT molecular complexity index is 1020. The molecule has 6 heteroatoms. The summed E-state index contributed by atoms with van der Waals surface area (Å²) in [6, 6.07) is 23.7. The second-order valence-corrected chi connectivity index (χ2v) is 7.22. The van der Waals surface area contributed by atoms with Crippen molar-refractivity contribution in [2.24, 2.45) is 0 Å². The zero-order valence-corrected chi connectivity index (χ0v) is 18.4. The molecule has 0 radical (unpaired) electrons. The lowest BCUT2D eigenvalue weighted by Gasteiger charge is -2.19. The van der Waals surface area contributed by atoms with Crippen molar-refractivity contribution in [1.29, 1.82) is 0 Å². The number of anilines is 1. The molecule has 32 heavy (non-hydrogen) atoms. The van der Waals surface area contributed by atoms with Crippen molar-refractivity contribution in [2.75, 3.05) is 32.2 Å². The molecule has 0 spiro atoms. The minimum Gasteiger partial charge on any atom is -0.491 e. The first kappa shape index (κ1) is 23.0. The largest absolute Gasteiger partial charge is 0.491 e. The number of carbonyl (C=O) groups is 2. The van der Waals surface area contributed by atoms with Crippen LogP contribution in [0.15, 0.2) is 78.9 Å². The van der Waals surface area contributed by atoms with Gasteiger partial charge in [-0.2, -0.15) is 0 Å². The number of benzene rings is 3. The number of para-hydroxylation sites is 1. The summed E-state index contributed by atoms with van der Waals surface area (Å²) in [7, 11) is 1.75. The number of amides is 2. The summed E-state index contributed by atoms with van der Waals surface area (Å²) in [4.78, 5) is 27.4. The molecular formula is C26H28N2O4. The molecule has 6 nitrogen and oxygen atoms in total. The number of nitrogens with one attached hydrogen (secondary N) is 1. The summed E-state index contributed by atoms with van der Waals surface area (Å²) in [5.41, 5.74) is 2.42. The number of nitrogens with zero attached hydrogens (tertiary/aromatic N) is 1. The Morgan fingerprint density at radius 3 is 2.28 bits per heavy atom. The van der Waals surface area contributed by atoms with Crippen molar-refractivity contribution in [2.45, 2.75) is 13.5 Å². The Morgan fingerprint density at radius 1 is 0.875 bits per heavy atom. The molecule has 1 N–H and O–H groups in total. The van der Waals surface area contributed by atoms with E-state index in [4.69, 9.17) is 9.47 Å². The molecule has 0 heterocycles. The van der Waals surface area contributed by atoms with E-state index in [-0.39, 0.29) is 11.8 Å². The van der Waals surface area contributed by atoms with Gasteiger partial charge in [0.25, 0.3) is 11.8 Å². The van der Waals surface area contributed by atoms with E-state index in [9.17, 15) is 9.59 Å². The quantitative estimate of drug-likeness (QED) is 0.475. The molecule has 0 aromatic heterocycles. The van der Waals surface area contributed by atoms with Gasteiger partial charge in [0.1, 0.15) is 12.4 Å². The summed E-state index contributed by atoms with van der Waals surface area (Å²) in [5.74, 6) is 0.207. The Labute approximate surface area is 188 Å². The Balaban J connectivity index is 1.65. The Morgan fingerprint density at radius 2 is 1.56 bits per heavy atom. The van der Waals surface area contributed by atoms with E-state index in [1.54, 1.807) is 60.5 Å². The van der Waals surface area contributed by atoms with Crippen molar-refractivity contribution >= 4 is 17.5 Å². The fraction of sp³-hybridized carbons (Fsp3) is 0.231. The van der Waals surface area contributed by atoms with Crippen LogP contribution >= 0.6 is 0 Å². The highest BCUT2D eigenvalue weighted by Gasteiger charge is 2.17. The van der Waals surface area contributed by atoms with Gasteiger partial charge in [0, 0.05) is 25.8 Å². The van der Waals surface area contributed by atoms with Crippen molar-refractivity contribution in [3.63, 3.8) is 0 Å². The third kappa shape index (κ3) is 6.43. The normalized spacial score (nSPS) is 10.4.